The van der Waals surface area contributed by atoms with Gasteiger partial charge in [-0.1, -0.05) is 6.07 Å². The van der Waals surface area contributed by atoms with E-state index in [0.29, 0.717) is 32.2 Å². The van der Waals surface area contributed by atoms with E-state index in [1.807, 2.05) is 30.0 Å². The lowest BCUT2D eigenvalue weighted by Crippen LogP contribution is -2.40. The molecule has 1 aliphatic rings. The highest BCUT2D eigenvalue weighted by molar-refractivity contribution is 5.76. The fourth-order valence-electron chi connectivity index (χ4n) is 3.01. The van der Waals surface area contributed by atoms with Gasteiger partial charge in [0.1, 0.15) is 0 Å². The third-order valence-electron chi connectivity index (χ3n) is 4.25. The first kappa shape index (κ1) is 17.9. The van der Waals surface area contributed by atoms with Crippen LogP contribution in [0.4, 0.5) is 0 Å². The highest BCUT2D eigenvalue weighted by Gasteiger charge is 2.24. The zero-order valence-electron chi connectivity index (χ0n) is 14.2. The van der Waals surface area contributed by atoms with E-state index in [2.05, 4.69) is 10.3 Å². The topological polar surface area (TPSA) is 54.5 Å². The Hall–Kier alpha value is -1.46. The second-order valence-electron chi connectivity index (χ2n) is 5.98. The number of hydrogen-bond donors (Lipinski definition) is 1. The number of aromatic nitrogens is 1. The average molecular weight is 319 g/mol. The lowest BCUT2D eigenvalue weighted by molar-refractivity contribution is -0.135. The van der Waals surface area contributed by atoms with E-state index < -0.39 is 0 Å². The first-order valence-corrected chi connectivity index (χ1v) is 8.79. The number of carbonyl (C=O) groups is 1. The van der Waals surface area contributed by atoms with Gasteiger partial charge < -0.3 is 15.0 Å². The van der Waals surface area contributed by atoms with Crippen molar-refractivity contribution in [1.82, 2.24) is 15.2 Å². The summed E-state index contributed by atoms with van der Waals surface area (Å²) in [6, 6.07) is 6.20. The molecule has 0 aliphatic carbocycles. The molecule has 0 spiro atoms. The predicted octanol–water partition coefficient (Wildman–Crippen LogP) is 2.37. The van der Waals surface area contributed by atoms with Crippen molar-refractivity contribution in [3.63, 3.8) is 0 Å². The van der Waals surface area contributed by atoms with Crippen molar-refractivity contribution in [2.45, 2.75) is 51.6 Å². The number of carbonyl (C=O) groups excluding carboxylic acids is 1. The third-order valence-corrected chi connectivity index (χ3v) is 4.25. The first-order chi connectivity index (χ1) is 11.3. The fraction of sp³-hybridized carbons (Fsp3) is 0.667. The van der Waals surface area contributed by atoms with E-state index >= 15 is 0 Å². The summed E-state index contributed by atoms with van der Waals surface area (Å²) in [7, 11) is 0. The molecule has 1 aromatic heterocycles. The van der Waals surface area contributed by atoms with Gasteiger partial charge in [-0.25, -0.2) is 0 Å². The molecule has 5 heteroatoms. The number of ether oxygens (including phenoxy) is 1. The molecule has 2 rings (SSSR count). The minimum absolute atomic E-state index is 0.224. The van der Waals surface area contributed by atoms with Gasteiger partial charge in [0, 0.05) is 31.9 Å². The Bertz CT molecular complexity index is 445. The molecular formula is C18H29N3O2. The van der Waals surface area contributed by atoms with Crippen LogP contribution in [0.25, 0.3) is 0 Å². The van der Waals surface area contributed by atoms with E-state index in [4.69, 9.17) is 4.74 Å². The van der Waals surface area contributed by atoms with Gasteiger partial charge in [-0.15, -0.1) is 0 Å². The molecule has 1 saturated heterocycles. The molecule has 2 heterocycles. The Labute approximate surface area is 139 Å². The van der Waals surface area contributed by atoms with Crippen molar-refractivity contribution in [1.29, 1.82) is 0 Å². The molecule has 1 amide bonds. The normalized spacial score (nSPS) is 18.4. The number of amides is 1. The summed E-state index contributed by atoms with van der Waals surface area (Å²) in [5.41, 5.74) is 0.961. The summed E-state index contributed by atoms with van der Waals surface area (Å²) in [6.07, 6.45) is 6.34. The Balaban J connectivity index is 1.99. The van der Waals surface area contributed by atoms with E-state index in [9.17, 15) is 4.79 Å². The summed E-state index contributed by atoms with van der Waals surface area (Å²) in [4.78, 5) is 19.2. The second-order valence-corrected chi connectivity index (χ2v) is 5.98. The molecule has 128 valence electrons. The van der Waals surface area contributed by atoms with Crippen LogP contribution in [-0.4, -0.2) is 48.1 Å². The number of rotatable bonds is 8. The van der Waals surface area contributed by atoms with Crippen LogP contribution in [0, 0.1) is 0 Å². The van der Waals surface area contributed by atoms with Crippen LogP contribution >= 0.6 is 0 Å². The lowest BCUT2D eigenvalue weighted by atomic mass is 10.1. The molecule has 1 aliphatic heterocycles. The lowest BCUT2D eigenvalue weighted by Gasteiger charge is -2.31. The number of nitrogens with one attached hydrogen (secondary N) is 1. The van der Waals surface area contributed by atoms with Crippen LogP contribution in [0.15, 0.2) is 24.4 Å². The number of hydrogen-bond acceptors (Lipinski definition) is 4. The van der Waals surface area contributed by atoms with E-state index in [-0.39, 0.29) is 5.91 Å². The molecule has 0 aromatic carbocycles. The van der Waals surface area contributed by atoms with Crippen LogP contribution in [0.3, 0.4) is 0 Å². The monoisotopic (exact) mass is 319 g/mol. The van der Waals surface area contributed by atoms with Gasteiger partial charge in [0.05, 0.1) is 12.2 Å². The quantitative estimate of drug-likeness (QED) is 0.748. The Kier molecular flexibility index (Phi) is 8.04. The molecule has 23 heavy (non-hydrogen) atoms. The SMILES string of the molecule is CCOCCCC(=O)N(Cc1ccccn1)C1CCCNCC1. The second kappa shape index (κ2) is 10.3. The number of pyridine rings is 1. The number of nitrogens with zero attached hydrogens (tertiary/aromatic N) is 2. The minimum atomic E-state index is 0.224. The molecule has 0 saturated carbocycles. The summed E-state index contributed by atoms with van der Waals surface area (Å²) >= 11 is 0. The smallest absolute Gasteiger partial charge is 0.223 e. The van der Waals surface area contributed by atoms with Crippen molar-refractivity contribution in [3.05, 3.63) is 30.1 Å². The Morgan fingerprint density at radius 2 is 2.30 bits per heavy atom. The van der Waals surface area contributed by atoms with E-state index in [0.717, 1.165) is 44.5 Å². The maximum atomic E-state index is 12.7. The van der Waals surface area contributed by atoms with Gasteiger partial charge in [-0.05, 0) is 57.8 Å². The maximum Gasteiger partial charge on any atom is 0.223 e. The summed E-state index contributed by atoms with van der Waals surface area (Å²) in [5, 5.41) is 3.42. The Morgan fingerprint density at radius 1 is 1.39 bits per heavy atom. The highest BCUT2D eigenvalue weighted by atomic mass is 16.5. The van der Waals surface area contributed by atoms with Crippen molar-refractivity contribution in [3.8, 4) is 0 Å². The molecular weight excluding hydrogens is 290 g/mol. The summed E-state index contributed by atoms with van der Waals surface area (Å²) in [6.45, 7) is 5.99. The summed E-state index contributed by atoms with van der Waals surface area (Å²) in [5.74, 6) is 0.224. The minimum Gasteiger partial charge on any atom is -0.382 e. The van der Waals surface area contributed by atoms with Gasteiger partial charge in [0.25, 0.3) is 0 Å². The van der Waals surface area contributed by atoms with Crippen molar-refractivity contribution in [2.75, 3.05) is 26.3 Å². The van der Waals surface area contributed by atoms with Crippen LogP contribution in [-0.2, 0) is 16.1 Å². The third kappa shape index (κ3) is 6.28. The van der Waals surface area contributed by atoms with Crippen molar-refractivity contribution >= 4 is 5.91 Å². The van der Waals surface area contributed by atoms with E-state index in [1.165, 1.54) is 0 Å². The van der Waals surface area contributed by atoms with Crippen LogP contribution < -0.4 is 5.32 Å². The van der Waals surface area contributed by atoms with Gasteiger partial charge >= 0.3 is 0 Å². The van der Waals surface area contributed by atoms with Crippen LogP contribution in [0.5, 0.6) is 0 Å². The summed E-state index contributed by atoms with van der Waals surface area (Å²) < 4.78 is 5.35. The molecule has 0 radical (unpaired) electrons. The Morgan fingerprint density at radius 3 is 3.09 bits per heavy atom. The molecule has 1 atom stereocenters. The van der Waals surface area contributed by atoms with Gasteiger partial charge in [0.15, 0.2) is 0 Å². The maximum absolute atomic E-state index is 12.7. The molecule has 1 fully saturated rings. The van der Waals surface area contributed by atoms with E-state index in [1.54, 1.807) is 6.20 Å². The molecule has 0 bridgehead atoms. The standard InChI is InChI=1S/C18H29N3O2/c1-2-23-14-6-9-18(22)21(15-16-7-3-4-12-20-16)17-8-5-11-19-13-10-17/h3-4,7,12,17,19H,2,5-6,8-11,13-15H2,1H3. The predicted molar refractivity (Wildman–Crippen MR) is 91.0 cm³/mol. The molecule has 1 N–H and O–H groups in total. The van der Waals surface area contributed by atoms with Crippen molar-refractivity contribution < 1.29 is 9.53 Å². The average Bonchev–Trinajstić information content (AvgIpc) is 2.86. The first-order valence-electron chi connectivity index (χ1n) is 8.79. The van der Waals surface area contributed by atoms with Gasteiger partial charge in [-0.3, -0.25) is 9.78 Å². The van der Waals surface area contributed by atoms with Gasteiger partial charge in [-0.2, -0.15) is 0 Å². The molecule has 5 nitrogen and oxygen atoms in total. The largest absolute Gasteiger partial charge is 0.382 e. The zero-order valence-corrected chi connectivity index (χ0v) is 14.2. The van der Waals surface area contributed by atoms with Gasteiger partial charge in [0.2, 0.25) is 5.91 Å². The highest BCUT2D eigenvalue weighted by Crippen LogP contribution is 2.18. The van der Waals surface area contributed by atoms with Crippen molar-refractivity contribution in [2.24, 2.45) is 0 Å². The molecule has 1 aromatic rings. The van der Waals surface area contributed by atoms with Crippen LogP contribution in [0.2, 0.25) is 0 Å². The molecule has 1 unspecified atom stereocenters. The van der Waals surface area contributed by atoms with Crippen LogP contribution in [0.1, 0.15) is 44.7 Å². The zero-order chi connectivity index (χ0) is 16.3. The fourth-order valence-corrected chi connectivity index (χ4v) is 3.01.